The quantitative estimate of drug-likeness (QED) is 0.765. The van der Waals surface area contributed by atoms with Crippen LogP contribution in [-0.4, -0.2) is 25.1 Å². The van der Waals surface area contributed by atoms with Gasteiger partial charge in [-0.2, -0.15) is 5.26 Å². The van der Waals surface area contributed by atoms with Crippen molar-refractivity contribution >= 4 is 29.2 Å². The van der Waals surface area contributed by atoms with Crippen LogP contribution in [0, 0.1) is 32.1 Å². The Morgan fingerprint density at radius 1 is 1.11 bits per heavy atom. The molecule has 0 aromatic heterocycles. The van der Waals surface area contributed by atoms with Crippen LogP contribution < -0.4 is 10.1 Å². The maximum absolute atomic E-state index is 11.9. The highest BCUT2D eigenvalue weighted by atomic mass is 35.5. The van der Waals surface area contributed by atoms with E-state index in [1.54, 1.807) is 0 Å². The summed E-state index contributed by atoms with van der Waals surface area (Å²) in [5, 5.41) is 11.6. The number of aryl methyl sites for hydroxylation is 3. The lowest BCUT2D eigenvalue weighted by Gasteiger charge is -2.13. The number of anilines is 1. The first-order chi connectivity index (χ1) is 12.8. The molecule has 7 heteroatoms. The second-order valence-corrected chi connectivity index (χ2v) is 6.44. The summed E-state index contributed by atoms with van der Waals surface area (Å²) in [6, 6.07) is 10.3. The van der Waals surface area contributed by atoms with Gasteiger partial charge < -0.3 is 14.8 Å². The average Bonchev–Trinajstić information content (AvgIpc) is 2.59. The number of esters is 1. The number of halogens is 1. The van der Waals surface area contributed by atoms with Crippen LogP contribution in [0.2, 0.25) is 5.02 Å². The first kappa shape index (κ1) is 20.3. The molecule has 6 nitrogen and oxygen atoms in total. The predicted octanol–water partition coefficient (Wildman–Crippen LogP) is 3.70. The lowest BCUT2D eigenvalue weighted by atomic mass is 10.1. The van der Waals surface area contributed by atoms with E-state index in [1.165, 1.54) is 18.2 Å². The number of benzene rings is 2. The van der Waals surface area contributed by atoms with Gasteiger partial charge in [0, 0.05) is 5.69 Å². The number of nitrogens with zero attached hydrogens (tertiary/aromatic N) is 1. The Balaban J connectivity index is 1.82. The van der Waals surface area contributed by atoms with E-state index in [1.807, 2.05) is 39.0 Å². The standard InChI is InChI=1S/C20H19ClN2O4/c1-12-6-13(2)20(14(3)7-12)27-11-19(25)26-10-18(24)23-16-5-4-15(9-22)17(21)8-16/h4-8H,10-11H2,1-3H3,(H,23,24). The molecule has 0 saturated heterocycles. The van der Waals surface area contributed by atoms with Gasteiger partial charge in [0.25, 0.3) is 5.91 Å². The van der Waals surface area contributed by atoms with E-state index in [-0.39, 0.29) is 11.6 Å². The van der Waals surface area contributed by atoms with Crippen LogP contribution in [0.5, 0.6) is 5.75 Å². The summed E-state index contributed by atoms with van der Waals surface area (Å²) in [5.74, 6) is -0.538. The van der Waals surface area contributed by atoms with Crippen LogP contribution in [-0.2, 0) is 14.3 Å². The highest BCUT2D eigenvalue weighted by Gasteiger charge is 2.12. The van der Waals surface area contributed by atoms with Gasteiger partial charge in [0.1, 0.15) is 11.8 Å². The average molecular weight is 387 g/mol. The van der Waals surface area contributed by atoms with Crippen molar-refractivity contribution < 1.29 is 19.1 Å². The Morgan fingerprint density at radius 2 is 1.78 bits per heavy atom. The fraction of sp³-hybridized carbons (Fsp3) is 0.250. The minimum absolute atomic E-state index is 0.226. The van der Waals surface area contributed by atoms with Crippen LogP contribution in [0.25, 0.3) is 0 Å². The number of carbonyl (C=O) groups excluding carboxylic acids is 2. The van der Waals surface area contributed by atoms with Gasteiger partial charge in [0.15, 0.2) is 13.2 Å². The number of amides is 1. The summed E-state index contributed by atoms with van der Waals surface area (Å²) >= 11 is 5.90. The molecule has 1 amide bonds. The number of ether oxygens (including phenoxy) is 2. The maximum Gasteiger partial charge on any atom is 0.344 e. The van der Waals surface area contributed by atoms with Crippen molar-refractivity contribution in [3.8, 4) is 11.8 Å². The monoisotopic (exact) mass is 386 g/mol. The summed E-state index contributed by atoms with van der Waals surface area (Å²) in [7, 11) is 0. The van der Waals surface area contributed by atoms with E-state index in [2.05, 4.69) is 5.32 Å². The molecular formula is C20H19ClN2O4. The normalized spacial score (nSPS) is 10.0. The molecule has 0 spiro atoms. The Bertz CT molecular complexity index is 896. The van der Waals surface area contributed by atoms with Crippen LogP contribution >= 0.6 is 11.6 Å². The van der Waals surface area contributed by atoms with Crippen LogP contribution in [0.3, 0.4) is 0 Å². The molecule has 0 saturated carbocycles. The van der Waals surface area contributed by atoms with E-state index in [0.29, 0.717) is 17.0 Å². The molecule has 0 aliphatic rings. The molecule has 2 aromatic carbocycles. The highest BCUT2D eigenvalue weighted by molar-refractivity contribution is 6.32. The fourth-order valence-electron chi connectivity index (χ4n) is 2.59. The molecule has 2 rings (SSSR count). The highest BCUT2D eigenvalue weighted by Crippen LogP contribution is 2.24. The minimum atomic E-state index is -0.651. The Morgan fingerprint density at radius 3 is 2.37 bits per heavy atom. The zero-order chi connectivity index (χ0) is 20.0. The Kier molecular flexibility index (Phi) is 6.80. The SMILES string of the molecule is Cc1cc(C)c(OCC(=O)OCC(=O)Nc2ccc(C#N)c(Cl)c2)c(C)c1. The van der Waals surface area contributed by atoms with Crippen molar-refractivity contribution in [2.45, 2.75) is 20.8 Å². The molecular weight excluding hydrogens is 368 g/mol. The van der Waals surface area contributed by atoms with Gasteiger partial charge in [-0.05, 0) is 50.1 Å². The molecule has 2 aromatic rings. The topological polar surface area (TPSA) is 88.4 Å². The van der Waals surface area contributed by atoms with E-state index in [4.69, 9.17) is 26.3 Å². The van der Waals surface area contributed by atoms with Crippen LogP contribution in [0.15, 0.2) is 30.3 Å². The van der Waals surface area contributed by atoms with Gasteiger partial charge >= 0.3 is 5.97 Å². The van der Waals surface area contributed by atoms with Crippen molar-refractivity contribution in [2.24, 2.45) is 0 Å². The predicted molar refractivity (Wildman–Crippen MR) is 102 cm³/mol. The van der Waals surface area contributed by atoms with Crippen LogP contribution in [0.1, 0.15) is 22.3 Å². The Hall–Kier alpha value is -3.04. The van der Waals surface area contributed by atoms with Gasteiger partial charge in [0.05, 0.1) is 10.6 Å². The van der Waals surface area contributed by atoms with E-state index in [9.17, 15) is 9.59 Å². The second kappa shape index (κ2) is 9.06. The molecule has 27 heavy (non-hydrogen) atoms. The Labute approximate surface area is 162 Å². The largest absolute Gasteiger partial charge is 0.481 e. The van der Waals surface area contributed by atoms with Crippen LogP contribution in [0.4, 0.5) is 5.69 Å². The zero-order valence-electron chi connectivity index (χ0n) is 15.3. The lowest BCUT2D eigenvalue weighted by Crippen LogP contribution is -2.23. The zero-order valence-corrected chi connectivity index (χ0v) is 16.0. The molecule has 1 N–H and O–H groups in total. The van der Waals surface area contributed by atoms with Gasteiger partial charge in [-0.15, -0.1) is 0 Å². The van der Waals surface area contributed by atoms with E-state index < -0.39 is 18.5 Å². The summed E-state index contributed by atoms with van der Waals surface area (Å²) < 4.78 is 10.4. The van der Waals surface area contributed by atoms with Crippen molar-refractivity contribution in [1.29, 1.82) is 5.26 Å². The summed E-state index contributed by atoms with van der Waals surface area (Å²) in [6.07, 6.45) is 0. The third-order valence-electron chi connectivity index (χ3n) is 3.68. The molecule has 0 aliphatic heterocycles. The number of nitrogens with one attached hydrogen (secondary N) is 1. The van der Waals surface area contributed by atoms with E-state index >= 15 is 0 Å². The molecule has 0 aliphatic carbocycles. The second-order valence-electron chi connectivity index (χ2n) is 6.03. The van der Waals surface area contributed by atoms with Gasteiger partial charge in [0.2, 0.25) is 0 Å². The fourth-order valence-corrected chi connectivity index (χ4v) is 2.82. The smallest absolute Gasteiger partial charge is 0.344 e. The molecule has 0 bridgehead atoms. The van der Waals surface area contributed by atoms with Crippen molar-refractivity contribution in [1.82, 2.24) is 0 Å². The van der Waals surface area contributed by atoms with E-state index in [0.717, 1.165) is 16.7 Å². The number of nitriles is 1. The number of hydrogen-bond donors (Lipinski definition) is 1. The third kappa shape index (κ3) is 5.73. The first-order valence-corrected chi connectivity index (χ1v) is 8.53. The molecule has 0 radical (unpaired) electrons. The third-order valence-corrected chi connectivity index (χ3v) is 3.99. The van der Waals surface area contributed by atoms with Crippen molar-refractivity contribution in [3.63, 3.8) is 0 Å². The number of hydrogen-bond acceptors (Lipinski definition) is 5. The van der Waals surface area contributed by atoms with Crippen molar-refractivity contribution in [2.75, 3.05) is 18.5 Å². The maximum atomic E-state index is 11.9. The summed E-state index contributed by atoms with van der Waals surface area (Å²) in [5.41, 5.74) is 3.67. The molecule has 0 fully saturated rings. The van der Waals surface area contributed by atoms with Gasteiger partial charge in [-0.3, -0.25) is 4.79 Å². The van der Waals surface area contributed by atoms with Crippen molar-refractivity contribution in [3.05, 3.63) is 57.6 Å². The minimum Gasteiger partial charge on any atom is -0.481 e. The molecule has 140 valence electrons. The molecule has 0 atom stereocenters. The number of rotatable bonds is 6. The lowest BCUT2D eigenvalue weighted by molar-refractivity contribution is -0.149. The first-order valence-electron chi connectivity index (χ1n) is 8.16. The van der Waals surface area contributed by atoms with Gasteiger partial charge in [-0.1, -0.05) is 29.3 Å². The molecule has 0 unspecified atom stereocenters. The molecule has 0 heterocycles. The summed E-state index contributed by atoms with van der Waals surface area (Å²) in [4.78, 5) is 23.7. The summed E-state index contributed by atoms with van der Waals surface area (Å²) in [6.45, 7) is 5.04. The van der Waals surface area contributed by atoms with Gasteiger partial charge in [-0.25, -0.2) is 4.79 Å². The number of carbonyl (C=O) groups is 2.